The van der Waals surface area contributed by atoms with E-state index in [1.165, 1.54) is 0 Å². The molecule has 2 N–H and O–H groups in total. The average molecular weight is 195 g/mol. The minimum atomic E-state index is 0. The van der Waals surface area contributed by atoms with Crippen LogP contribution >= 0.6 is 0 Å². The molecule has 0 bridgehead atoms. The molecule has 0 saturated carbocycles. The summed E-state index contributed by atoms with van der Waals surface area (Å²) in [6, 6.07) is 7.44. The summed E-state index contributed by atoms with van der Waals surface area (Å²) in [5.41, 5.74) is 7.19. The van der Waals surface area contributed by atoms with Gasteiger partial charge in [0.15, 0.2) is 0 Å². The Labute approximate surface area is 80.5 Å². The van der Waals surface area contributed by atoms with Gasteiger partial charge in [0, 0.05) is 38.4 Å². The molecular formula is C7H8NY-. The first-order valence-corrected chi connectivity index (χ1v) is 2.46. The quantitative estimate of drug-likeness (QED) is 0.492. The topological polar surface area (TPSA) is 26.0 Å². The molecule has 0 amide bonds. The van der Waals surface area contributed by atoms with E-state index in [-0.39, 0.29) is 32.7 Å². The van der Waals surface area contributed by atoms with Crippen LogP contribution in [0.25, 0.3) is 0 Å². The number of hydrogen-bond donors (Lipinski definition) is 1. The number of anilines is 1. The molecule has 0 aliphatic rings. The minimum Gasteiger partial charge on any atom is -0.400 e. The van der Waals surface area contributed by atoms with E-state index in [0.717, 1.165) is 11.3 Å². The number of nitrogens with two attached hydrogens (primary N) is 1. The second kappa shape index (κ2) is 3.91. The van der Waals surface area contributed by atoms with Crippen molar-refractivity contribution in [2.45, 2.75) is 0 Å². The zero-order chi connectivity index (χ0) is 5.98. The third-order valence-electron chi connectivity index (χ3n) is 0.980. The predicted molar refractivity (Wildman–Crippen MR) is 35.3 cm³/mol. The normalized spacial score (nSPS) is 8.00. The van der Waals surface area contributed by atoms with E-state index < -0.39 is 0 Å². The van der Waals surface area contributed by atoms with Gasteiger partial charge in [0.2, 0.25) is 0 Å². The van der Waals surface area contributed by atoms with E-state index in [1.807, 2.05) is 24.3 Å². The first kappa shape index (κ1) is 8.99. The van der Waals surface area contributed by atoms with Crippen molar-refractivity contribution in [1.82, 2.24) is 0 Å². The van der Waals surface area contributed by atoms with Crippen LogP contribution in [0.4, 0.5) is 5.69 Å². The van der Waals surface area contributed by atoms with Crippen LogP contribution in [0.3, 0.4) is 0 Å². The fraction of sp³-hybridized carbons (Fsp3) is 0. The van der Waals surface area contributed by atoms with E-state index in [4.69, 9.17) is 5.73 Å². The number of benzene rings is 1. The second-order valence-electron chi connectivity index (χ2n) is 1.74. The number of hydrogen-bond acceptors (Lipinski definition) is 1. The molecule has 0 fully saturated rings. The predicted octanol–water partition coefficient (Wildman–Crippen LogP) is 1.45. The Kier molecular flexibility index (Phi) is 3.91. The standard InChI is InChI=1S/C7H8N.Y/c1-6-2-4-7(8)5-3-6;/h2-5H,1,8H2;/q-1;. The SMILES string of the molecule is [CH2-]c1ccc(N)cc1.[Y]. The average Bonchev–Trinajstić information content (AvgIpc) is 1.77. The summed E-state index contributed by atoms with van der Waals surface area (Å²) in [6.07, 6.45) is 0. The Balaban J connectivity index is 0.000000640. The third-order valence-corrected chi connectivity index (χ3v) is 0.980. The Bertz CT molecular complexity index is 148. The first-order chi connectivity index (χ1) is 3.79. The van der Waals surface area contributed by atoms with Crippen molar-refractivity contribution in [1.29, 1.82) is 0 Å². The van der Waals surface area contributed by atoms with E-state index in [0.29, 0.717) is 0 Å². The zero-order valence-electron chi connectivity index (χ0n) is 5.17. The Hall–Kier alpha value is -0.00610. The largest absolute Gasteiger partial charge is 0.400 e. The monoisotopic (exact) mass is 195 g/mol. The van der Waals surface area contributed by atoms with Gasteiger partial charge >= 0.3 is 0 Å². The van der Waals surface area contributed by atoms with Crippen molar-refractivity contribution in [3.63, 3.8) is 0 Å². The maximum absolute atomic E-state index is 5.40. The summed E-state index contributed by atoms with van der Waals surface area (Å²) >= 11 is 0. The van der Waals surface area contributed by atoms with Gasteiger partial charge < -0.3 is 5.73 Å². The van der Waals surface area contributed by atoms with Gasteiger partial charge in [-0.15, -0.1) is 0 Å². The van der Waals surface area contributed by atoms with Gasteiger partial charge in [-0.05, 0) is 0 Å². The molecule has 45 valence electrons. The number of rotatable bonds is 0. The summed E-state index contributed by atoms with van der Waals surface area (Å²) in [6.45, 7) is 3.71. The molecule has 0 aliphatic heterocycles. The van der Waals surface area contributed by atoms with Gasteiger partial charge in [-0.25, -0.2) is 0 Å². The zero-order valence-corrected chi connectivity index (χ0v) is 8.01. The van der Waals surface area contributed by atoms with Crippen molar-refractivity contribution >= 4 is 5.69 Å². The van der Waals surface area contributed by atoms with E-state index >= 15 is 0 Å². The summed E-state index contributed by atoms with van der Waals surface area (Å²) < 4.78 is 0. The molecule has 0 unspecified atom stereocenters. The van der Waals surface area contributed by atoms with Crippen LogP contribution in [0.15, 0.2) is 24.3 Å². The van der Waals surface area contributed by atoms with E-state index in [1.54, 1.807) is 0 Å². The minimum absolute atomic E-state index is 0. The Morgan fingerprint density at radius 1 is 1.11 bits per heavy atom. The third kappa shape index (κ3) is 2.88. The molecule has 0 saturated heterocycles. The van der Waals surface area contributed by atoms with Crippen LogP contribution in [0.5, 0.6) is 0 Å². The molecule has 0 aromatic heterocycles. The molecular weight excluding hydrogens is 187 g/mol. The van der Waals surface area contributed by atoms with Crippen molar-refractivity contribution in [3.05, 3.63) is 36.8 Å². The maximum Gasteiger partial charge on any atom is 0.00678 e. The molecule has 1 aromatic carbocycles. The van der Waals surface area contributed by atoms with Gasteiger partial charge in [-0.1, -0.05) is 12.1 Å². The second-order valence-corrected chi connectivity index (χ2v) is 1.74. The van der Waals surface area contributed by atoms with Crippen LogP contribution in [-0.2, 0) is 32.7 Å². The summed E-state index contributed by atoms with van der Waals surface area (Å²) in [5.74, 6) is 0. The fourth-order valence-corrected chi connectivity index (χ4v) is 0.518. The van der Waals surface area contributed by atoms with Crippen molar-refractivity contribution < 1.29 is 32.7 Å². The van der Waals surface area contributed by atoms with Crippen LogP contribution in [0.1, 0.15) is 5.56 Å². The molecule has 1 rings (SSSR count). The Morgan fingerprint density at radius 2 is 1.56 bits per heavy atom. The van der Waals surface area contributed by atoms with Crippen molar-refractivity contribution in [3.8, 4) is 0 Å². The number of nitrogen functional groups attached to an aromatic ring is 1. The van der Waals surface area contributed by atoms with Gasteiger partial charge in [0.1, 0.15) is 0 Å². The van der Waals surface area contributed by atoms with Crippen LogP contribution in [0.2, 0.25) is 0 Å². The molecule has 1 nitrogen and oxygen atoms in total. The van der Waals surface area contributed by atoms with Gasteiger partial charge in [0.25, 0.3) is 0 Å². The van der Waals surface area contributed by atoms with Gasteiger partial charge in [-0.3, -0.25) is 0 Å². The molecule has 0 heterocycles. The summed E-state index contributed by atoms with van der Waals surface area (Å²) in [7, 11) is 0. The van der Waals surface area contributed by atoms with E-state index in [9.17, 15) is 0 Å². The molecule has 1 aromatic rings. The van der Waals surface area contributed by atoms with E-state index in [2.05, 4.69) is 6.92 Å². The summed E-state index contributed by atoms with van der Waals surface area (Å²) in [4.78, 5) is 0. The molecule has 9 heavy (non-hydrogen) atoms. The molecule has 0 aliphatic carbocycles. The van der Waals surface area contributed by atoms with Crippen LogP contribution in [0, 0.1) is 6.92 Å². The first-order valence-electron chi connectivity index (χ1n) is 2.46. The van der Waals surface area contributed by atoms with Crippen LogP contribution < -0.4 is 5.73 Å². The maximum atomic E-state index is 5.40. The molecule has 0 atom stereocenters. The fourth-order valence-electron chi connectivity index (χ4n) is 0.518. The van der Waals surface area contributed by atoms with Crippen molar-refractivity contribution in [2.75, 3.05) is 5.73 Å². The van der Waals surface area contributed by atoms with Crippen LogP contribution in [-0.4, -0.2) is 0 Å². The molecule has 2 heteroatoms. The molecule has 0 spiro atoms. The smallest absolute Gasteiger partial charge is 0.00678 e. The summed E-state index contributed by atoms with van der Waals surface area (Å²) in [5, 5.41) is 0. The van der Waals surface area contributed by atoms with Crippen molar-refractivity contribution in [2.24, 2.45) is 0 Å². The van der Waals surface area contributed by atoms with Gasteiger partial charge in [-0.2, -0.15) is 24.6 Å². The Morgan fingerprint density at radius 3 is 1.89 bits per heavy atom. The van der Waals surface area contributed by atoms with Gasteiger partial charge in [0.05, 0.1) is 0 Å². The molecule has 1 radical (unpaired) electrons.